The normalized spacial score (nSPS) is 19.7. The minimum absolute atomic E-state index is 0.400. The second kappa shape index (κ2) is 8.22. The maximum atomic E-state index is 12.0. The minimum Gasteiger partial charge on any atom is -0.444 e. The van der Waals surface area contributed by atoms with Crippen molar-refractivity contribution in [2.24, 2.45) is 5.92 Å². The SMILES string of the molecule is CCC(C)C(C)NC1CCCc2cc(NC(=O)OC(C)(C)C)ccc21. The Kier molecular flexibility index (Phi) is 6.50. The van der Waals surface area contributed by atoms with E-state index in [9.17, 15) is 4.79 Å². The summed E-state index contributed by atoms with van der Waals surface area (Å²) in [5, 5.41) is 6.65. The first-order valence-electron chi connectivity index (χ1n) is 9.58. The van der Waals surface area contributed by atoms with E-state index in [1.807, 2.05) is 26.8 Å². The molecule has 1 amide bonds. The maximum Gasteiger partial charge on any atom is 0.412 e. The molecule has 0 saturated carbocycles. The highest BCUT2D eigenvalue weighted by Gasteiger charge is 2.24. The summed E-state index contributed by atoms with van der Waals surface area (Å²) in [7, 11) is 0. The molecule has 1 aromatic carbocycles. The minimum atomic E-state index is -0.487. The van der Waals surface area contributed by atoms with Crippen LogP contribution in [-0.2, 0) is 11.2 Å². The van der Waals surface area contributed by atoms with Gasteiger partial charge in [-0.05, 0) is 76.1 Å². The van der Waals surface area contributed by atoms with E-state index in [1.165, 1.54) is 30.4 Å². The summed E-state index contributed by atoms with van der Waals surface area (Å²) < 4.78 is 5.34. The van der Waals surface area contributed by atoms with Crippen molar-refractivity contribution in [2.45, 2.75) is 84.9 Å². The summed E-state index contributed by atoms with van der Waals surface area (Å²) in [5.41, 5.74) is 3.02. The van der Waals surface area contributed by atoms with Crippen LogP contribution in [0.3, 0.4) is 0 Å². The molecule has 4 heteroatoms. The van der Waals surface area contributed by atoms with Crippen LogP contribution in [-0.4, -0.2) is 17.7 Å². The van der Waals surface area contributed by atoms with Crippen LogP contribution in [0.4, 0.5) is 10.5 Å². The Morgan fingerprint density at radius 2 is 2.04 bits per heavy atom. The lowest BCUT2D eigenvalue weighted by molar-refractivity contribution is 0.0636. The molecule has 25 heavy (non-hydrogen) atoms. The second-order valence-electron chi connectivity index (χ2n) is 8.33. The summed E-state index contributed by atoms with van der Waals surface area (Å²) in [6.07, 6.45) is 4.20. The first-order valence-corrected chi connectivity index (χ1v) is 9.58. The number of amides is 1. The molecular formula is C21H34N2O2. The van der Waals surface area contributed by atoms with Crippen LogP contribution in [0.2, 0.25) is 0 Å². The third-order valence-electron chi connectivity index (χ3n) is 5.06. The molecule has 0 spiro atoms. The maximum absolute atomic E-state index is 12.0. The number of carbonyl (C=O) groups excluding carboxylic acids is 1. The van der Waals surface area contributed by atoms with Gasteiger partial charge in [0.1, 0.15) is 5.60 Å². The van der Waals surface area contributed by atoms with Gasteiger partial charge in [-0.15, -0.1) is 0 Å². The molecule has 0 fully saturated rings. The van der Waals surface area contributed by atoms with E-state index in [-0.39, 0.29) is 0 Å². The number of benzene rings is 1. The second-order valence-corrected chi connectivity index (χ2v) is 8.33. The molecule has 2 N–H and O–H groups in total. The molecule has 140 valence electrons. The van der Waals surface area contributed by atoms with Gasteiger partial charge in [0.25, 0.3) is 0 Å². The van der Waals surface area contributed by atoms with Gasteiger partial charge in [0.15, 0.2) is 0 Å². The molecule has 0 bridgehead atoms. The Balaban J connectivity index is 2.07. The largest absolute Gasteiger partial charge is 0.444 e. The van der Waals surface area contributed by atoms with E-state index >= 15 is 0 Å². The molecule has 0 aliphatic heterocycles. The molecule has 0 heterocycles. The van der Waals surface area contributed by atoms with Crippen molar-refractivity contribution in [3.05, 3.63) is 29.3 Å². The lowest BCUT2D eigenvalue weighted by atomic mass is 9.86. The molecule has 0 saturated heterocycles. The average molecular weight is 347 g/mol. The van der Waals surface area contributed by atoms with E-state index in [4.69, 9.17) is 4.74 Å². The standard InChI is InChI=1S/C21H34N2O2/c1-7-14(2)15(3)22-19-10-8-9-16-13-17(11-12-18(16)19)23-20(24)25-21(4,5)6/h11-15,19,22H,7-10H2,1-6H3,(H,23,24). The molecule has 1 aliphatic carbocycles. The molecule has 0 aromatic heterocycles. The van der Waals surface area contributed by atoms with E-state index in [0.717, 1.165) is 12.1 Å². The van der Waals surface area contributed by atoms with Crippen molar-refractivity contribution >= 4 is 11.8 Å². The van der Waals surface area contributed by atoms with Crippen LogP contribution < -0.4 is 10.6 Å². The lowest BCUT2D eigenvalue weighted by Gasteiger charge is -2.31. The van der Waals surface area contributed by atoms with Gasteiger partial charge in [0.2, 0.25) is 0 Å². The lowest BCUT2D eigenvalue weighted by Crippen LogP contribution is -2.36. The smallest absolute Gasteiger partial charge is 0.412 e. The first-order chi connectivity index (χ1) is 11.7. The van der Waals surface area contributed by atoms with Gasteiger partial charge in [-0.2, -0.15) is 0 Å². The number of hydrogen-bond donors (Lipinski definition) is 2. The third-order valence-corrected chi connectivity index (χ3v) is 5.06. The number of carbonyl (C=O) groups is 1. The van der Waals surface area contributed by atoms with Crippen molar-refractivity contribution in [1.82, 2.24) is 5.32 Å². The van der Waals surface area contributed by atoms with Crippen LogP contribution in [0.5, 0.6) is 0 Å². The summed E-state index contributed by atoms with van der Waals surface area (Å²) in [5.74, 6) is 0.665. The zero-order chi connectivity index (χ0) is 18.6. The quantitative estimate of drug-likeness (QED) is 0.747. The zero-order valence-electron chi connectivity index (χ0n) is 16.6. The predicted molar refractivity (Wildman–Crippen MR) is 104 cm³/mol. The average Bonchev–Trinajstić information content (AvgIpc) is 2.52. The van der Waals surface area contributed by atoms with Crippen LogP contribution >= 0.6 is 0 Å². The fourth-order valence-electron chi connectivity index (χ4n) is 3.32. The fraction of sp³-hybridized carbons (Fsp3) is 0.667. The highest BCUT2D eigenvalue weighted by molar-refractivity contribution is 5.85. The van der Waals surface area contributed by atoms with Gasteiger partial charge < -0.3 is 10.1 Å². The summed E-state index contributed by atoms with van der Waals surface area (Å²) in [6.45, 7) is 12.4. The fourth-order valence-corrected chi connectivity index (χ4v) is 3.32. The van der Waals surface area contributed by atoms with E-state index in [2.05, 4.69) is 43.5 Å². The van der Waals surface area contributed by atoms with Gasteiger partial charge in [0, 0.05) is 17.8 Å². The first kappa shape index (κ1) is 19.8. The molecule has 3 atom stereocenters. The highest BCUT2D eigenvalue weighted by Crippen LogP contribution is 2.32. The van der Waals surface area contributed by atoms with Crippen LogP contribution in [0, 0.1) is 5.92 Å². The summed E-state index contributed by atoms with van der Waals surface area (Å²) >= 11 is 0. The van der Waals surface area contributed by atoms with Gasteiger partial charge in [-0.3, -0.25) is 5.32 Å². The zero-order valence-corrected chi connectivity index (χ0v) is 16.6. The predicted octanol–water partition coefficient (Wildman–Crippen LogP) is 5.44. The summed E-state index contributed by atoms with van der Waals surface area (Å²) in [6, 6.07) is 7.14. The molecule has 1 aromatic rings. The van der Waals surface area contributed by atoms with Gasteiger partial charge >= 0.3 is 6.09 Å². The number of rotatable bonds is 5. The number of aryl methyl sites for hydroxylation is 1. The van der Waals surface area contributed by atoms with E-state index in [0.29, 0.717) is 18.0 Å². The van der Waals surface area contributed by atoms with Crippen LogP contribution in [0.15, 0.2) is 18.2 Å². The molecular weight excluding hydrogens is 312 g/mol. The molecule has 1 aliphatic rings. The molecule has 3 unspecified atom stereocenters. The van der Waals surface area contributed by atoms with Gasteiger partial charge in [-0.1, -0.05) is 26.3 Å². The number of nitrogens with one attached hydrogen (secondary N) is 2. The van der Waals surface area contributed by atoms with Crippen molar-refractivity contribution in [1.29, 1.82) is 0 Å². The van der Waals surface area contributed by atoms with Crippen molar-refractivity contribution in [2.75, 3.05) is 5.32 Å². The van der Waals surface area contributed by atoms with Crippen LogP contribution in [0.25, 0.3) is 0 Å². The van der Waals surface area contributed by atoms with Crippen molar-refractivity contribution in [3.8, 4) is 0 Å². The molecule has 0 radical (unpaired) electrons. The van der Waals surface area contributed by atoms with Crippen LogP contribution in [0.1, 0.15) is 78.0 Å². The van der Waals surface area contributed by atoms with Gasteiger partial charge in [-0.25, -0.2) is 4.79 Å². The third kappa shape index (κ3) is 5.74. The highest BCUT2D eigenvalue weighted by atomic mass is 16.6. The number of fused-ring (bicyclic) bond motifs is 1. The number of hydrogen-bond acceptors (Lipinski definition) is 3. The molecule has 4 nitrogen and oxygen atoms in total. The van der Waals surface area contributed by atoms with E-state index in [1.54, 1.807) is 0 Å². The summed E-state index contributed by atoms with van der Waals surface area (Å²) in [4.78, 5) is 12.0. The van der Waals surface area contributed by atoms with Gasteiger partial charge in [0.05, 0.1) is 0 Å². The number of ether oxygens (including phenoxy) is 1. The Labute approximate surface area is 152 Å². The Hall–Kier alpha value is -1.55. The topological polar surface area (TPSA) is 50.4 Å². The Bertz CT molecular complexity index is 592. The van der Waals surface area contributed by atoms with Crippen molar-refractivity contribution in [3.63, 3.8) is 0 Å². The monoisotopic (exact) mass is 346 g/mol. The van der Waals surface area contributed by atoms with E-state index < -0.39 is 11.7 Å². The number of anilines is 1. The molecule has 2 rings (SSSR count). The Morgan fingerprint density at radius 1 is 1.32 bits per heavy atom. The Morgan fingerprint density at radius 3 is 2.68 bits per heavy atom. The van der Waals surface area contributed by atoms with Crippen molar-refractivity contribution < 1.29 is 9.53 Å².